The molecule has 4 rings (SSSR count). The number of hydrogen-bond acceptors (Lipinski definition) is 5. The maximum atomic E-state index is 12.6. The van der Waals surface area contributed by atoms with Crippen LogP contribution in [0.2, 0.25) is 0 Å². The Kier molecular flexibility index (Phi) is 3.20. The SMILES string of the molecule is O=c1c2c3c(sc2ncn1/N=C\c1cccs1)CCCC3. The highest BCUT2D eigenvalue weighted by molar-refractivity contribution is 7.18. The molecule has 3 aromatic rings. The number of rotatable bonds is 2. The van der Waals surface area contributed by atoms with E-state index in [1.807, 2.05) is 17.5 Å². The van der Waals surface area contributed by atoms with E-state index in [2.05, 4.69) is 10.1 Å². The lowest BCUT2D eigenvalue weighted by molar-refractivity contribution is 0.699. The number of fused-ring (bicyclic) bond motifs is 3. The fraction of sp³-hybridized carbons (Fsp3) is 0.267. The summed E-state index contributed by atoms with van der Waals surface area (Å²) in [6.45, 7) is 0. The second-order valence-electron chi connectivity index (χ2n) is 5.05. The van der Waals surface area contributed by atoms with E-state index in [0.29, 0.717) is 0 Å². The van der Waals surface area contributed by atoms with E-state index in [-0.39, 0.29) is 5.56 Å². The Morgan fingerprint density at radius 2 is 2.24 bits per heavy atom. The van der Waals surface area contributed by atoms with Gasteiger partial charge in [0.1, 0.15) is 11.2 Å². The lowest BCUT2D eigenvalue weighted by Crippen LogP contribution is -2.17. The van der Waals surface area contributed by atoms with Crippen LogP contribution in [0.5, 0.6) is 0 Å². The molecule has 0 N–H and O–H groups in total. The molecule has 0 aliphatic heterocycles. The second-order valence-corrected chi connectivity index (χ2v) is 7.11. The third-order valence-electron chi connectivity index (χ3n) is 3.71. The fourth-order valence-electron chi connectivity index (χ4n) is 2.70. The molecule has 3 heterocycles. The highest BCUT2D eigenvalue weighted by Crippen LogP contribution is 2.33. The molecule has 0 spiro atoms. The highest BCUT2D eigenvalue weighted by atomic mass is 32.1. The molecule has 3 aromatic heterocycles. The van der Waals surface area contributed by atoms with Gasteiger partial charge in [-0.2, -0.15) is 9.78 Å². The number of aromatic nitrogens is 2. The van der Waals surface area contributed by atoms with Crippen molar-refractivity contribution in [2.24, 2.45) is 5.10 Å². The normalized spacial score (nSPS) is 14.9. The summed E-state index contributed by atoms with van der Waals surface area (Å²) in [5, 5.41) is 7.02. The van der Waals surface area contributed by atoms with Crippen molar-refractivity contribution < 1.29 is 0 Å². The zero-order valence-electron chi connectivity index (χ0n) is 11.3. The van der Waals surface area contributed by atoms with Crippen molar-refractivity contribution in [3.05, 3.63) is 49.5 Å². The molecule has 106 valence electrons. The zero-order chi connectivity index (χ0) is 14.2. The van der Waals surface area contributed by atoms with E-state index in [9.17, 15) is 4.79 Å². The van der Waals surface area contributed by atoms with Gasteiger partial charge in [0.15, 0.2) is 0 Å². The molecule has 21 heavy (non-hydrogen) atoms. The molecular formula is C15H13N3OS2. The molecule has 0 saturated heterocycles. The molecule has 0 bridgehead atoms. The van der Waals surface area contributed by atoms with Crippen LogP contribution >= 0.6 is 22.7 Å². The van der Waals surface area contributed by atoms with Crippen molar-refractivity contribution in [1.29, 1.82) is 0 Å². The van der Waals surface area contributed by atoms with Crippen LogP contribution in [-0.4, -0.2) is 15.9 Å². The molecule has 0 amide bonds. The third kappa shape index (κ3) is 2.24. The molecule has 0 aromatic carbocycles. The molecule has 1 aliphatic rings. The minimum absolute atomic E-state index is 0.0489. The first-order valence-corrected chi connectivity index (χ1v) is 8.62. The molecule has 0 radical (unpaired) electrons. The van der Waals surface area contributed by atoms with Crippen molar-refractivity contribution in [2.45, 2.75) is 25.7 Å². The molecule has 1 aliphatic carbocycles. The maximum absolute atomic E-state index is 12.6. The quantitative estimate of drug-likeness (QED) is 0.681. The average Bonchev–Trinajstić information content (AvgIpc) is 3.13. The summed E-state index contributed by atoms with van der Waals surface area (Å²) in [4.78, 5) is 20.3. The van der Waals surface area contributed by atoms with Crippen LogP contribution in [0.25, 0.3) is 10.2 Å². The summed E-state index contributed by atoms with van der Waals surface area (Å²) in [6.07, 6.45) is 7.67. The van der Waals surface area contributed by atoms with Crippen LogP contribution in [0.1, 0.15) is 28.2 Å². The predicted octanol–water partition coefficient (Wildman–Crippen LogP) is 3.28. The van der Waals surface area contributed by atoms with Crippen LogP contribution < -0.4 is 5.56 Å². The van der Waals surface area contributed by atoms with Gasteiger partial charge in [-0.1, -0.05) is 6.07 Å². The van der Waals surface area contributed by atoms with Crippen LogP contribution in [0.15, 0.2) is 33.7 Å². The van der Waals surface area contributed by atoms with Crippen LogP contribution in [0.3, 0.4) is 0 Å². The van der Waals surface area contributed by atoms with Gasteiger partial charge in [-0.25, -0.2) is 4.98 Å². The Morgan fingerprint density at radius 3 is 3.10 bits per heavy atom. The second kappa shape index (κ2) is 5.20. The summed E-state index contributed by atoms with van der Waals surface area (Å²) in [5.74, 6) is 0. The minimum Gasteiger partial charge on any atom is -0.267 e. The van der Waals surface area contributed by atoms with Gasteiger partial charge >= 0.3 is 0 Å². The number of nitrogens with zero attached hydrogens (tertiary/aromatic N) is 3. The monoisotopic (exact) mass is 315 g/mol. The Hall–Kier alpha value is -1.79. The smallest absolute Gasteiger partial charge is 0.267 e. The molecule has 0 unspecified atom stereocenters. The van der Waals surface area contributed by atoms with Crippen molar-refractivity contribution in [2.75, 3.05) is 0 Å². The van der Waals surface area contributed by atoms with E-state index in [1.165, 1.54) is 27.9 Å². The number of hydrogen-bond donors (Lipinski definition) is 0. The van der Waals surface area contributed by atoms with Gasteiger partial charge in [0.25, 0.3) is 5.56 Å². The van der Waals surface area contributed by atoms with Gasteiger partial charge in [-0.15, -0.1) is 22.7 Å². The van der Waals surface area contributed by atoms with Gasteiger partial charge in [0.2, 0.25) is 0 Å². The standard InChI is InChI=1S/C15H13N3OS2/c19-15-13-11-5-1-2-6-12(11)21-14(13)16-9-18(15)17-8-10-4-3-7-20-10/h3-4,7-9H,1-2,5-6H2/b17-8-. The fourth-order valence-corrected chi connectivity index (χ4v) is 4.50. The third-order valence-corrected chi connectivity index (χ3v) is 5.72. The molecule has 0 atom stereocenters. The molecule has 0 saturated carbocycles. The topological polar surface area (TPSA) is 47.2 Å². The van der Waals surface area contributed by atoms with Crippen molar-refractivity contribution in [3.8, 4) is 0 Å². The number of thiophene rings is 2. The highest BCUT2D eigenvalue weighted by Gasteiger charge is 2.19. The first-order valence-electron chi connectivity index (χ1n) is 6.93. The number of aryl methyl sites for hydroxylation is 2. The lowest BCUT2D eigenvalue weighted by Gasteiger charge is -2.09. The molecule has 0 fully saturated rings. The van der Waals surface area contributed by atoms with Gasteiger partial charge in [0.05, 0.1) is 11.6 Å². The Morgan fingerprint density at radius 1 is 1.33 bits per heavy atom. The van der Waals surface area contributed by atoms with E-state index >= 15 is 0 Å². The van der Waals surface area contributed by atoms with E-state index in [4.69, 9.17) is 0 Å². The zero-order valence-corrected chi connectivity index (χ0v) is 12.9. The van der Waals surface area contributed by atoms with E-state index in [1.54, 1.807) is 28.9 Å². The van der Waals surface area contributed by atoms with Crippen LogP contribution in [0.4, 0.5) is 0 Å². The first kappa shape index (κ1) is 12.9. The molecule has 4 nitrogen and oxygen atoms in total. The predicted molar refractivity (Wildman–Crippen MR) is 87.8 cm³/mol. The minimum atomic E-state index is -0.0489. The summed E-state index contributed by atoms with van der Waals surface area (Å²) in [6, 6.07) is 3.93. The van der Waals surface area contributed by atoms with E-state index < -0.39 is 0 Å². The van der Waals surface area contributed by atoms with Gasteiger partial charge in [-0.3, -0.25) is 4.79 Å². The van der Waals surface area contributed by atoms with E-state index in [0.717, 1.165) is 34.4 Å². The van der Waals surface area contributed by atoms with Gasteiger partial charge in [-0.05, 0) is 42.7 Å². The van der Waals surface area contributed by atoms with Crippen molar-refractivity contribution >= 4 is 39.1 Å². The van der Waals surface area contributed by atoms with Gasteiger partial charge < -0.3 is 0 Å². The largest absolute Gasteiger partial charge is 0.282 e. The summed E-state index contributed by atoms with van der Waals surface area (Å²) < 4.78 is 1.35. The first-order chi connectivity index (χ1) is 10.3. The summed E-state index contributed by atoms with van der Waals surface area (Å²) in [7, 11) is 0. The summed E-state index contributed by atoms with van der Waals surface area (Å²) in [5.41, 5.74) is 1.16. The van der Waals surface area contributed by atoms with Crippen LogP contribution in [0, 0.1) is 0 Å². The Labute approximate surface area is 129 Å². The average molecular weight is 315 g/mol. The van der Waals surface area contributed by atoms with Crippen molar-refractivity contribution in [1.82, 2.24) is 9.66 Å². The Bertz CT molecular complexity index is 874. The molecule has 6 heteroatoms. The maximum Gasteiger partial charge on any atom is 0.282 e. The van der Waals surface area contributed by atoms with Crippen LogP contribution in [-0.2, 0) is 12.8 Å². The van der Waals surface area contributed by atoms with Gasteiger partial charge in [0, 0.05) is 9.75 Å². The Balaban J connectivity index is 1.84. The molecular weight excluding hydrogens is 302 g/mol. The van der Waals surface area contributed by atoms with Crippen molar-refractivity contribution in [3.63, 3.8) is 0 Å². The lowest BCUT2D eigenvalue weighted by atomic mass is 9.97. The summed E-state index contributed by atoms with van der Waals surface area (Å²) >= 11 is 3.26.